The van der Waals surface area contributed by atoms with Crippen molar-refractivity contribution in [2.24, 2.45) is 16.6 Å². The summed E-state index contributed by atoms with van der Waals surface area (Å²) in [4.78, 5) is 16.4. The summed E-state index contributed by atoms with van der Waals surface area (Å²) in [5.41, 5.74) is 7.43. The maximum absolute atomic E-state index is 12.1. The van der Waals surface area contributed by atoms with Gasteiger partial charge in [0, 0.05) is 18.2 Å². The van der Waals surface area contributed by atoms with Crippen LogP contribution in [0, 0.1) is 5.92 Å². The standard InChI is InChI=1S/C17H28N4O.HI/c1-5-13(4)21-16(22)15-8-6-7-14(9-15)11-20-17(18)19-10-12(2)3;/h6-9,12-13H,5,10-11H2,1-4H3,(H,21,22)(H3,18,19,20);1H. The molecule has 0 aliphatic carbocycles. The van der Waals surface area contributed by atoms with Gasteiger partial charge < -0.3 is 16.4 Å². The number of benzene rings is 1. The molecular weight excluding hydrogens is 403 g/mol. The average molecular weight is 432 g/mol. The van der Waals surface area contributed by atoms with E-state index in [2.05, 4.69) is 29.5 Å². The molecule has 1 unspecified atom stereocenters. The van der Waals surface area contributed by atoms with Gasteiger partial charge in [-0.05, 0) is 37.0 Å². The molecule has 0 aromatic heterocycles. The number of hydrogen-bond donors (Lipinski definition) is 3. The molecule has 1 aromatic carbocycles. The summed E-state index contributed by atoms with van der Waals surface area (Å²) in [5, 5.41) is 6.03. The van der Waals surface area contributed by atoms with Gasteiger partial charge in [0.05, 0.1) is 6.54 Å². The molecule has 1 amide bonds. The van der Waals surface area contributed by atoms with Crippen LogP contribution in [0.3, 0.4) is 0 Å². The lowest BCUT2D eigenvalue weighted by Gasteiger charge is -2.12. The topological polar surface area (TPSA) is 79.5 Å². The van der Waals surface area contributed by atoms with Gasteiger partial charge in [-0.1, -0.05) is 32.9 Å². The number of aliphatic imine (C=N–C) groups is 1. The van der Waals surface area contributed by atoms with Gasteiger partial charge in [0.2, 0.25) is 0 Å². The Morgan fingerprint density at radius 1 is 1.30 bits per heavy atom. The molecule has 0 radical (unpaired) electrons. The van der Waals surface area contributed by atoms with E-state index in [9.17, 15) is 4.79 Å². The molecular formula is C17H29IN4O. The summed E-state index contributed by atoms with van der Waals surface area (Å²) >= 11 is 0. The van der Waals surface area contributed by atoms with Crippen LogP contribution in [0.4, 0.5) is 0 Å². The third kappa shape index (κ3) is 8.78. The second kappa shape index (κ2) is 11.3. The fourth-order valence-electron chi connectivity index (χ4n) is 1.76. The van der Waals surface area contributed by atoms with Crippen LogP contribution in [0.15, 0.2) is 29.3 Å². The number of nitrogens with one attached hydrogen (secondary N) is 2. The lowest BCUT2D eigenvalue weighted by molar-refractivity contribution is 0.0939. The van der Waals surface area contributed by atoms with Gasteiger partial charge in [-0.2, -0.15) is 0 Å². The Labute approximate surface area is 156 Å². The minimum Gasteiger partial charge on any atom is -0.370 e. The average Bonchev–Trinajstić information content (AvgIpc) is 2.50. The predicted octanol–water partition coefficient (Wildman–Crippen LogP) is 2.89. The summed E-state index contributed by atoms with van der Waals surface area (Å²) in [6.45, 7) is 9.52. The molecule has 6 heteroatoms. The van der Waals surface area contributed by atoms with Gasteiger partial charge in [0.15, 0.2) is 5.96 Å². The van der Waals surface area contributed by atoms with Crippen molar-refractivity contribution in [2.75, 3.05) is 6.54 Å². The molecule has 0 aliphatic rings. The zero-order valence-corrected chi connectivity index (χ0v) is 16.8. The van der Waals surface area contributed by atoms with E-state index in [1.54, 1.807) is 0 Å². The van der Waals surface area contributed by atoms with Crippen molar-refractivity contribution in [3.63, 3.8) is 0 Å². The van der Waals surface area contributed by atoms with Crippen LogP contribution in [0.25, 0.3) is 0 Å². The van der Waals surface area contributed by atoms with Gasteiger partial charge in [-0.25, -0.2) is 4.99 Å². The highest BCUT2D eigenvalue weighted by molar-refractivity contribution is 14.0. The van der Waals surface area contributed by atoms with E-state index < -0.39 is 0 Å². The Hall–Kier alpha value is -1.31. The van der Waals surface area contributed by atoms with Gasteiger partial charge in [0.25, 0.3) is 5.91 Å². The number of amides is 1. The first-order chi connectivity index (χ1) is 10.4. The number of carbonyl (C=O) groups is 1. The van der Waals surface area contributed by atoms with Crippen molar-refractivity contribution in [1.29, 1.82) is 0 Å². The minimum absolute atomic E-state index is 0. The van der Waals surface area contributed by atoms with Crippen LogP contribution < -0.4 is 16.4 Å². The lowest BCUT2D eigenvalue weighted by Crippen LogP contribution is -2.34. The first kappa shape index (κ1) is 21.7. The van der Waals surface area contributed by atoms with Gasteiger partial charge in [-0.3, -0.25) is 4.79 Å². The Bertz CT molecular complexity index is 517. The SMILES string of the molecule is CCC(C)NC(=O)c1cccc(CN=C(N)NCC(C)C)c1.I. The molecule has 130 valence electrons. The molecule has 0 spiro atoms. The molecule has 0 bridgehead atoms. The van der Waals surface area contributed by atoms with Crippen molar-refractivity contribution < 1.29 is 4.79 Å². The first-order valence-electron chi connectivity index (χ1n) is 7.86. The van der Waals surface area contributed by atoms with Crippen molar-refractivity contribution in [2.45, 2.75) is 46.7 Å². The first-order valence-corrected chi connectivity index (χ1v) is 7.86. The molecule has 1 atom stereocenters. The molecule has 0 heterocycles. The van der Waals surface area contributed by atoms with Crippen LogP contribution in [-0.4, -0.2) is 24.5 Å². The quantitative estimate of drug-likeness (QED) is 0.352. The number of guanidine groups is 1. The number of hydrogen-bond acceptors (Lipinski definition) is 2. The second-order valence-corrected chi connectivity index (χ2v) is 5.96. The summed E-state index contributed by atoms with van der Waals surface area (Å²) in [7, 11) is 0. The highest BCUT2D eigenvalue weighted by Gasteiger charge is 2.08. The third-order valence-electron chi connectivity index (χ3n) is 3.30. The maximum Gasteiger partial charge on any atom is 0.251 e. The van der Waals surface area contributed by atoms with Crippen LogP contribution in [0.2, 0.25) is 0 Å². The van der Waals surface area contributed by atoms with Crippen molar-refractivity contribution in [1.82, 2.24) is 10.6 Å². The largest absolute Gasteiger partial charge is 0.370 e. The van der Waals surface area contributed by atoms with Gasteiger partial charge in [-0.15, -0.1) is 24.0 Å². The van der Waals surface area contributed by atoms with Crippen LogP contribution in [-0.2, 0) is 6.54 Å². The number of carbonyl (C=O) groups excluding carboxylic acids is 1. The Morgan fingerprint density at radius 2 is 2.00 bits per heavy atom. The Balaban J connectivity index is 0.00000484. The van der Waals surface area contributed by atoms with E-state index in [1.165, 1.54) is 0 Å². The van der Waals surface area contributed by atoms with Crippen LogP contribution in [0.5, 0.6) is 0 Å². The highest BCUT2D eigenvalue weighted by Crippen LogP contribution is 2.07. The molecule has 0 saturated heterocycles. The monoisotopic (exact) mass is 432 g/mol. The van der Waals surface area contributed by atoms with Crippen molar-refractivity contribution >= 4 is 35.8 Å². The van der Waals surface area contributed by atoms with E-state index in [0.717, 1.165) is 18.5 Å². The summed E-state index contributed by atoms with van der Waals surface area (Å²) in [6.07, 6.45) is 0.910. The summed E-state index contributed by atoms with van der Waals surface area (Å²) < 4.78 is 0. The summed E-state index contributed by atoms with van der Waals surface area (Å²) in [5.74, 6) is 0.899. The number of nitrogens with two attached hydrogens (primary N) is 1. The van der Waals surface area contributed by atoms with Crippen LogP contribution in [0.1, 0.15) is 50.0 Å². The number of rotatable bonds is 7. The van der Waals surface area contributed by atoms with E-state index in [0.29, 0.717) is 24.0 Å². The zero-order chi connectivity index (χ0) is 16.5. The normalized spacial score (nSPS) is 12.5. The molecule has 23 heavy (non-hydrogen) atoms. The third-order valence-corrected chi connectivity index (χ3v) is 3.30. The predicted molar refractivity (Wildman–Crippen MR) is 107 cm³/mol. The molecule has 0 saturated carbocycles. The zero-order valence-electron chi connectivity index (χ0n) is 14.4. The molecule has 1 aromatic rings. The van der Waals surface area contributed by atoms with Crippen LogP contribution >= 0.6 is 24.0 Å². The van der Waals surface area contributed by atoms with E-state index >= 15 is 0 Å². The maximum atomic E-state index is 12.1. The van der Waals surface area contributed by atoms with Gasteiger partial charge >= 0.3 is 0 Å². The van der Waals surface area contributed by atoms with Gasteiger partial charge in [0.1, 0.15) is 0 Å². The molecule has 0 fully saturated rings. The molecule has 4 N–H and O–H groups in total. The Morgan fingerprint density at radius 3 is 2.61 bits per heavy atom. The number of nitrogens with zero attached hydrogens (tertiary/aromatic N) is 1. The molecule has 5 nitrogen and oxygen atoms in total. The van der Waals surface area contributed by atoms with Crippen molar-refractivity contribution in [3.8, 4) is 0 Å². The fraction of sp³-hybridized carbons (Fsp3) is 0.529. The second-order valence-electron chi connectivity index (χ2n) is 5.96. The molecule has 1 rings (SSSR count). The summed E-state index contributed by atoms with van der Waals surface area (Å²) in [6, 6.07) is 7.65. The minimum atomic E-state index is -0.0499. The highest BCUT2D eigenvalue weighted by atomic mass is 127. The fourth-order valence-corrected chi connectivity index (χ4v) is 1.76. The smallest absolute Gasteiger partial charge is 0.251 e. The Kier molecular flexibility index (Phi) is 10.6. The van der Waals surface area contributed by atoms with E-state index in [4.69, 9.17) is 5.73 Å². The lowest BCUT2D eigenvalue weighted by atomic mass is 10.1. The van der Waals surface area contributed by atoms with E-state index in [-0.39, 0.29) is 35.9 Å². The molecule has 0 aliphatic heterocycles. The van der Waals surface area contributed by atoms with Crippen molar-refractivity contribution in [3.05, 3.63) is 35.4 Å². The van der Waals surface area contributed by atoms with E-state index in [1.807, 2.05) is 38.1 Å². The number of halogens is 1.